The minimum atomic E-state index is -0.207. The maximum Gasteiger partial charge on any atom is 0.196 e. The number of hydrogen-bond donors (Lipinski definition) is 0. The van der Waals surface area contributed by atoms with Crippen molar-refractivity contribution >= 4 is 0 Å². The molecule has 0 aliphatic rings. The second-order valence-electron chi connectivity index (χ2n) is 3.13. The summed E-state index contributed by atoms with van der Waals surface area (Å²) in [7, 11) is 1.63. The van der Waals surface area contributed by atoms with E-state index in [2.05, 4.69) is 13.0 Å². The van der Waals surface area contributed by atoms with Crippen LogP contribution in [0.5, 0.6) is 5.75 Å². The summed E-state index contributed by atoms with van der Waals surface area (Å²) in [6, 6.07) is 7.99. The van der Waals surface area contributed by atoms with Crippen LogP contribution in [0.25, 0.3) is 0 Å². The maximum atomic E-state index is 5.60. The fourth-order valence-corrected chi connectivity index (χ4v) is 1.24. The highest BCUT2D eigenvalue weighted by atomic mass is 16.7. The zero-order valence-corrected chi connectivity index (χ0v) is 8.82. The lowest BCUT2D eigenvalue weighted by Gasteiger charge is -2.15. The topological polar surface area (TPSA) is 18.5 Å². The van der Waals surface area contributed by atoms with Crippen molar-refractivity contribution in [3.05, 3.63) is 36.8 Å². The zero-order chi connectivity index (χ0) is 10.4. The predicted octanol–water partition coefficient (Wildman–Crippen LogP) is 2.82. The molecule has 1 unspecified atom stereocenters. The van der Waals surface area contributed by atoms with Crippen LogP contribution in [0.2, 0.25) is 0 Å². The van der Waals surface area contributed by atoms with Crippen LogP contribution in [0.4, 0.5) is 0 Å². The summed E-state index contributed by atoms with van der Waals surface area (Å²) in [6.07, 6.45) is 1.61. The van der Waals surface area contributed by atoms with Gasteiger partial charge in [0, 0.05) is 7.11 Å². The molecule has 0 spiro atoms. The molecule has 0 saturated carbocycles. The van der Waals surface area contributed by atoms with Gasteiger partial charge >= 0.3 is 0 Å². The van der Waals surface area contributed by atoms with Crippen LogP contribution >= 0.6 is 0 Å². The fourth-order valence-electron chi connectivity index (χ4n) is 1.24. The first-order valence-electron chi connectivity index (χ1n) is 4.84. The third-order valence-corrected chi connectivity index (χ3v) is 2.04. The first kappa shape index (κ1) is 11.1. The molecule has 77 valence electrons. The Morgan fingerprint density at radius 1 is 1.36 bits per heavy atom. The Morgan fingerprint density at radius 2 is 2.07 bits per heavy atom. The van der Waals surface area contributed by atoms with Crippen LogP contribution < -0.4 is 4.74 Å². The molecule has 14 heavy (non-hydrogen) atoms. The lowest BCUT2D eigenvalue weighted by Crippen LogP contribution is -2.14. The van der Waals surface area contributed by atoms with Gasteiger partial charge in [0.1, 0.15) is 5.75 Å². The minimum absolute atomic E-state index is 0.207. The predicted molar refractivity (Wildman–Crippen MR) is 57.2 cm³/mol. The molecule has 0 N–H and O–H groups in total. The summed E-state index contributed by atoms with van der Waals surface area (Å²) in [5.74, 6) is 0.894. The first-order chi connectivity index (χ1) is 6.77. The first-order valence-corrected chi connectivity index (χ1v) is 4.84. The highest BCUT2D eigenvalue weighted by Gasteiger charge is 2.05. The van der Waals surface area contributed by atoms with Gasteiger partial charge in [0.15, 0.2) is 6.29 Å². The van der Waals surface area contributed by atoms with Crippen molar-refractivity contribution in [3.8, 4) is 5.75 Å². The van der Waals surface area contributed by atoms with Crippen LogP contribution in [0.1, 0.15) is 18.9 Å². The molecule has 0 amide bonds. The Kier molecular flexibility index (Phi) is 4.47. The quantitative estimate of drug-likeness (QED) is 0.669. The maximum absolute atomic E-state index is 5.60. The molecule has 1 aromatic carbocycles. The number of ether oxygens (including phenoxy) is 2. The van der Waals surface area contributed by atoms with Crippen LogP contribution in [0.15, 0.2) is 24.3 Å². The summed E-state index contributed by atoms with van der Waals surface area (Å²) in [5, 5.41) is 0. The van der Waals surface area contributed by atoms with Crippen LogP contribution in [-0.4, -0.2) is 13.4 Å². The van der Waals surface area contributed by atoms with E-state index < -0.39 is 0 Å². The van der Waals surface area contributed by atoms with E-state index in [4.69, 9.17) is 9.47 Å². The van der Waals surface area contributed by atoms with E-state index in [-0.39, 0.29) is 6.29 Å². The average Bonchev–Trinajstić information content (AvgIpc) is 2.21. The van der Waals surface area contributed by atoms with Gasteiger partial charge in [-0.2, -0.15) is 0 Å². The Balaban J connectivity index is 2.73. The number of methoxy groups -OCH3 is 1. The van der Waals surface area contributed by atoms with E-state index in [0.29, 0.717) is 0 Å². The zero-order valence-electron chi connectivity index (χ0n) is 8.82. The monoisotopic (exact) mass is 193 g/mol. The summed E-state index contributed by atoms with van der Waals surface area (Å²) in [4.78, 5) is 0. The lowest BCUT2D eigenvalue weighted by molar-refractivity contribution is -0.0388. The summed E-state index contributed by atoms with van der Waals surface area (Å²) in [6.45, 7) is 5.71. The van der Waals surface area contributed by atoms with E-state index >= 15 is 0 Å². The van der Waals surface area contributed by atoms with E-state index in [9.17, 15) is 0 Å². The highest BCUT2D eigenvalue weighted by Crippen LogP contribution is 2.20. The Bertz CT molecular complexity index is 271. The number of rotatable bonds is 5. The van der Waals surface area contributed by atoms with Gasteiger partial charge in [-0.15, -0.1) is 0 Å². The molecule has 2 nitrogen and oxygen atoms in total. The van der Waals surface area contributed by atoms with Gasteiger partial charge in [-0.1, -0.05) is 25.1 Å². The molecule has 0 bridgehead atoms. The molecular formula is C12H17O2. The normalized spacial score (nSPS) is 12.5. The van der Waals surface area contributed by atoms with Crippen LogP contribution in [0, 0.1) is 6.92 Å². The minimum Gasteiger partial charge on any atom is -0.465 e. The standard InChI is InChI=1S/C12H17O2/c1-4-7-11-8-5-6-9-12(11)14-10(2)13-3/h5-6,8-10H,1,4,7H2,2-3H3. The Hall–Kier alpha value is -1.02. The molecular weight excluding hydrogens is 176 g/mol. The summed E-state index contributed by atoms with van der Waals surface area (Å²) in [5.41, 5.74) is 1.19. The Morgan fingerprint density at radius 3 is 2.71 bits per heavy atom. The van der Waals surface area contributed by atoms with Gasteiger partial charge in [0.05, 0.1) is 0 Å². The second kappa shape index (κ2) is 5.66. The summed E-state index contributed by atoms with van der Waals surface area (Å²) >= 11 is 0. The van der Waals surface area contributed by atoms with Crippen molar-refractivity contribution in [1.29, 1.82) is 0 Å². The molecule has 1 rings (SSSR count). The molecule has 0 fully saturated rings. The molecule has 1 aromatic rings. The number of benzene rings is 1. The van der Waals surface area contributed by atoms with Gasteiger partial charge in [0.25, 0.3) is 0 Å². The molecule has 0 saturated heterocycles. The van der Waals surface area contributed by atoms with Gasteiger partial charge < -0.3 is 9.47 Å². The lowest BCUT2D eigenvalue weighted by atomic mass is 10.1. The second-order valence-corrected chi connectivity index (χ2v) is 3.13. The van der Waals surface area contributed by atoms with Crippen molar-refractivity contribution < 1.29 is 9.47 Å². The molecule has 0 heterocycles. The smallest absolute Gasteiger partial charge is 0.196 e. The molecule has 0 aromatic heterocycles. The van der Waals surface area contributed by atoms with E-state index in [1.54, 1.807) is 7.11 Å². The van der Waals surface area contributed by atoms with Gasteiger partial charge in [0.2, 0.25) is 0 Å². The fraction of sp³-hybridized carbons (Fsp3) is 0.417. The molecule has 0 aliphatic heterocycles. The van der Waals surface area contributed by atoms with E-state index in [1.807, 2.05) is 25.1 Å². The van der Waals surface area contributed by atoms with Crippen LogP contribution in [-0.2, 0) is 11.2 Å². The number of hydrogen-bond acceptors (Lipinski definition) is 2. The van der Waals surface area contributed by atoms with Gasteiger partial charge in [-0.05, 0) is 31.4 Å². The highest BCUT2D eigenvalue weighted by molar-refractivity contribution is 5.33. The van der Waals surface area contributed by atoms with Crippen molar-refractivity contribution in [2.45, 2.75) is 26.1 Å². The van der Waals surface area contributed by atoms with E-state index in [1.165, 1.54) is 5.56 Å². The van der Waals surface area contributed by atoms with Gasteiger partial charge in [-0.25, -0.2) is 0 Å². The van der Waals surface area contributed by atoms with Crippen molar-refractivity contribution in [3.63, 3.8) is 0 Å². The largest absolute Gasteiger partial charge is 0.465 e. The average molecular weight is 193 g/mol. The Labute approximate surface area is 85.8 Å². The van der Waals surface area contributed by atoms with Crippen molar-refractivity contribution in [2.24, 2.45) is 0 Å². The summed E-state index contributed by atoms with van der Waals surface area (Å²) < 4.78 is 10.6. The SMILES string of the molecule is [CH2]CCc1ccccc1OC(C)OC. The molecule has 1 radical (unpaired) electrons. The third-order valence-electron chi connectivity index (χ3n) is 2.04. The van der Waals surface area contributed by atoms with Crippen molar-refractivity contribution in [1.82, 2.24) is 0 Å². The van der Waals surface area contributed by atoms with Gasteiger partial charge in [-0.3, -0.25) is 0 Å². The van der Waals surface area contributed by atoms with Crippen molar-refractivity contribution in [2.75, 3.05) is 7.11 Å². The third kappa shape index (κ3) is 3.04. The number of para-hydroxylation sites is 1. The number of aryl methyl sites for hydroxylation is 1. The molecule has 1 atom stereocenters. The van der Waals surface area contributed by atoms with Crippen LogP contribution in [0.3, 0.4) is 0 Å². The molecule has 0 aliphatic carbocycles. The van der Waals surface area contributed by atoms with E-state index in [0.717, 1.165) is 18.6 Å². The molecule has 2 heteroatoms.